The quantitative estimate of drug-likeness (QED) is 0.715. The van der Waals surface area contributed by atoms with Crippen molar-refractivity contribution >= 4 is 28.9 Å². The first-order valence-electron chi connectivity index (χ1n) is 4.95. The molecule has 1 aromatic carbocycles. The Morgan fingerprint density at radius 1 is 1.56 bits per heavy atom. The van der Waals surface area contributed by atoms with Gasteiger partial charge in [-0.2, -0.15) is 0 Å². The molecule has 1 aromatic rings. The Morgan fingerprint density at radius 2 is 2.25 bits per heavy atom. The average molecular weight is 259 g/mol. The summed E-state index contributed by atoms with van der Waals surface area (Å²) in [5, 5.41) is 13.3. The highest BCUT2D eigenvalue weighted by Gasteiger charge is 2.06. The minimum Gasteiger partial charge on any atom is -0.391 e. The molecule has 1 unspecified atom stereocenters. The van der Waals surface area contributed by atoms with Crippen molar-refractivity contribution in [2.75, 3.05) is 6.54 Å². The van der Waals surface area contributed by atoms with Crippen LogP contribution in [0.1, 0.15) is 11.1 Å². The third kappa shape index (κ3) is 4.79. The molecule has 0 aliphatic rings. The van der Waals surface area contributed by atoms with Crippen LogP contribution in [0.5, 0.6) is 0 Å². The van der Waals surface area contributed by atoms with Crippen molar-refractivity contribution in [2.45, 2.75) is 19.4 Å². The van der Waals surface area contributed by atoms with E-state index in [1.165, 1.54) is 0 Å². The number of halogens is 1. The van der Waals surface area contributed by atoms with Crippen LogP contribution in [0.2, 0.25) is 5.02 Å². The maximum atomic E-state index is 9.71. The predicted octanol–water partition coefficient (Wildman–Crippen LogP) is 1.39. The minimum absolute atomic E-state index is 0.196. The lowest BCUT2D eigenvalue weighted by molar-refractivity contribution is 0.178. The van der Waals surface area contributed by atoms with E-state index >= 15 is 0 Å². The Hall–Kier alpha value is -0.840. The maximum absolute atomic E-state index is 9.71. The molecule has 0 heterocycles. The normalized spacial score (nSPS) is 12.2. The molecule has 0 bridgehead atoms. The van der Waals surface area contributed by atoms with E-state index < -0.39 is 6.10 Å². The van der Waals surface area contributed by atoms with Gasteiger partial charge < -0.3 is 16.2 Å². The average Bonchev–Trinajstić information content (AvgIpc) is 2.12. The van der Waals surface area contributed by atoms with Gasteiger partial charge in [0, 0.05) is 18.0 Å². The van der Waals surface area contributed by atoms with Crippen molar-refractivity contribution in [1.29, 1.82) is 0 Å². The minimum atomic E-state index is -0.528. The van der Waals surface area contributed by atoms with Crippen molar-refractivity contribution in [3.63, 3.8) is 0 Å². The third-order valence-electron chi connectivity index (χ3n) is 2.09. The van der Waals surface area contributed by atoms with Gasteiger partial charge in [-0.1, -0.05) is 17.7 Å². The molecule has 1 atom stereocenters. The van der Waals surface area contributed by atoms with E-state index in [1.807, 2.05) is 25.1 Å². The van der Waals surface area contributed by atoms with E-state index in [1.54, 1.807) is 0 Å². The zero-order valence-corrected chi connectivity index (χ0v) is 10.6. The van der Waals surface area contributed by atoms with Crippen LogP contribution >= 0.6 is 23.8 Å². The number of rotatable bonds is 4. The van der Waals surface area contributed by atoms with Crippen molar-refractivity contribution in [3.05, 3.63) is 34.3 Å². The Balaban J connectivity index is 2.55. The van der Waals surface area contributed by atoms with Crippen LogP contribution in [0.4, 0.5) is 0 Å². The number of thiocarbonyl (C=S) groups is 1. The summed E-state index contributed by atoms with van der Waals surface area (Å²) in [4.78, 5) is 0. The molecule has 88 valence electrons. The summed E-state index contributed by atoms with van der Waals surface area (Å²) < 4.78 is 0. The second-order valence-corrected chi connectivity index (χ2v) is 4.62. The van der Waals surface area contributed by atoms with Crippen molar-refractivity contribution in [1.82, 2.24) is 5.32 Å². The van der Waals surface area contributed by atoms with Gasteiger partial charge in [-0.25, -0.2) is 0 Å². The van der Waals surface area contributed by atoms with E-state index in [4.69, 9.17) is 17.3 Å². The molecule has 0 spiro atoms. The van der Waals surface area contributed by atoms with Gasteiger partial charge in [-0.15, -0.1) is 0 Å². The van der Waals surface area contributed by atoms with Gasteiger partial charge in [0.05, 0.1) is 6.10 Å². The third-order valence-corrected chi connectivity index (χ3v) is 2.45. The topological polar surface area (TPSA) is 58.3 Å². The fourth-order valence-electron chi connectivity index (χ4n) is 1.49. The fourth-order valence-corrected chi connectivity index (χ4v) is 1.89. The van der Waals surface area contributed by atoms with Crippen molar-refractivity contribution < 1.29 is 5.11 Å². The highest BCUT2D eigenvalue weighted by Crippen LogP contribution is 2.15. The van der Waals surface area contributed by atoms with E-state index in [0.29, 0.717) is 18.0 Å². The summed E-state index contributed by atoms with van der Waals surface area (Å²) in [6.45, 7) is 2.32. The lowest BCUT2D eigenvalue weighted by atomic mass is 10.1. The zero-order valence-electron chi connectivity index (χ0n) is 9.03. The molecule has 5 heteroatoms. The molecule has 0 saturated carbocycles. The summed E-state index contributed by atoms with van der Waals surface area (Å²) in [6.07, 6.45) is -0.00355. The van der Waals surface area contributed by atoms with E-state index in [2.05, 4.69) is 17.5 Å². The number of nitrogens with one attached hydrogen (secondary N) is 1. The highest BCUT2D eigenvalue weighted by atomic mass is 35.5. The van der Waals surface area contributed by atoms with Gasteiger partial charge >= 0.3 is 0 Å². The number of hydrogen-bond acceptors (Lipinski definition) is 2. The van der Waals surface area contributed by atoms with Crippen LogP contribution in [0.25, 0.3) is 0 Å². The van der Waals surface area contributed by atoms with Crippen LogP contribution in [0.15, 0.2) is 18.2 Å². The Kier molecular flexibility index (Phi) is 4.99. The second-order valence-electron chi connectivity index (χ2n) is 3.74. The summed E-state index contributed by atoms with van der Waals surface area (Å²) in [6, 6.07) is 5.72. The summed E-state index contributed by atoms with van der Waals surface area (Å²) in [5.41, 5.74) is 7.35. The molecular weight excluding hydrogens is 244 g/mol. The standard InChI is InChI=1S/C11H15ClN2OS/c1-7-2-8(4-9(12)3-7)5-10(15)6-14-11(13)16/h2-4,10,15H,5-6H2,1H3,(H3,13,14,16). The highest BCUT2D eigenvalue weighted by molar-refractivity contribution is 7.80. The van der Waals surface area contributed by atoms with Crippen LogP contribution in [0.3, 0.4) is 0 Å². The molecule has 0 aliphatic carbocycles. The Labute approximate surface area is 106 Å². The van der Waals surface area contributed by atoms with Gasteiger partial charge in [0.25, 0.3) is 0 Å². The molecule has 0 saturated heterocycles. The van der Waals surface area contributed by atoms with E-state index in [-0.39, 0.29) is 5.11 Å². The van der Waals surface area contributed by atoms with Crippen LogP contribution in [-0.2, 0) is 6.42 Å². The van der Waals surface area contributed by atoms with Crippen LogP contribution in [-0.4, -0.2) is 22.9 Å². The van der Waals surface area contributed by atoms with Gasteiger partial charge in [0.1, 0.15) is 0 Å². The Morgan fingerprint density at radius 3 is 2.81 bits per heavy atom. The first-order valence-corrected chi connectivity index (χ1v) is 5.73. The zero-order chi connectivity index (χ0) is 12.1. The predicted molar refractivity (Wildman–Crippen MR) is 70.7 cm³/mol. The summed E-state index contributed by atoms with van der Waals surface area (Å²) >= 11 is 10.6. The van der Waals surface area contributed by atoms with Crippen molar-refractivity contribution in [2.24, 2.45) is 5.73 Å². The molecular formula is C11H15ClN2OS. The number of aliphatic hydroxyl groups is 1. The first-order chi connectivity index (χ1) is 7.47. The smallest absolute Gasteiger partial charge is 0.163 e. The van der Waals surface area contributed by atoms with Crippen LogP contribution < -0.4 is 11.1 Å². The monoisotopic (exact) mass is 258 g/mol. The van der Waals surface area contributed by atoms with E-state index in [9.17, 15) is 5.11 Å². The number of benzene rings is 1. The molecule has 16 heavy (non-hydrogen) atoms. The fraction of sp³-hybridized carbons (Fsp3) is 0.364. The molecule has 4 N–H and O–H groups in total. The number of hydrogen-bond donors (Lipinski definition) is 3. The van der Waals surface area contributed by atoms with Gasteiger partial charge in [0.2, 0.25) is 0 Å². The second kappa shape index (κ2) is 6.03. The summed E-state index contributed by atoms with van der Waals surface area (Å²) in [5.74, 6) is 0. The molecule has 0 amide bonds. The summed E-state index contributed by atoms with van der Waals surface area (Å²) in [7, 11) is 0. The molecule has 1 rings (SSSR count). The maximum Gasteiger partial charge on any atom is 0.163 e. The lowest BCUT2D eigenvalue weighted by Crippen LogP contribution is -2.36. The number of aliphatic hydroxyl groups excluding tert-OH is 1. The van der Waals surface area contributed by atoms with Crippen LogP contribution in [0, 0.1) is 6.92 Å². The van der Waals surface area contributed by atoms with Gasteiger partial charge in [-0.05, 0) is 42.4 Å². The molecule has 0 radical (unpaired) electrons. The number of aryl methyl sites for hydroxylation is 1. The molecule has 0 fully saturated rings. The largest absolute Gasteiger partial charge is 0.391 e. The Bertz CT molecular complexity index is 364. The lowest BCUT2D eigenvalue weighted by Gasteiger charge is -2.12. The number of nitrogens with two attached hydrogens (primary N) is 1. The SMILES string of the molecule is Cc1cc(Cl)cc(CC(O)CNC(N)=S)c1. The van der Waals surface area contributed by atoms with Gasteiger partial charge in [0.15, 0.2) is 5.11 Å². The van der Waals surface area contributed by atoms with Gasteiger partial charge in [-0.3, -0.25) is 0 Å². The van der Waals surface area contributed by atoms with E-state index in [0.717, 1.165) is 11.1 Å². The molecule has 0 aromatic heterocycles. The van der Waals surface area contributed by atoms with Crippen molar-refractivity contribution in [3.8, 4) is 0 Å². The first kappa shape index (κ1) is 13.2. The molecule has 0 aliphatic heterocycles. The molecule has 3 nitrogen and oxygen atoms in total.